The van der Waals surface area contributed by atoms with Crippen LogP contribution in [0.4, 0.5) is 0 Å². The Labute approximate surface area is 84.4 Å². The topological polar surface area (TPSA) is 58.6 Å². The number of amides is 2. The quantitative estimate of drug-likeness (QED) is 0.661. The molecular formula is C9H18N2O3. The molecule has 0 spiro atoms. The van der Waals surface area contributed by atoms with Crippen molar-refractivity contribution in [2.45, 2.75) is 19.4 Å². The van der Waals surface area contributed by atoms with Crippen molar-refractivity contribution in [1.82, 2.24) is 10.2 Å². The predicted octanol–water partition coefficient (Wildman–Crippen LogP) is -0.384. The largest absolute Gasteiger partial charge is 0.372 e. The molecule has 0 aliphatic rings. The van der Waals surface area contributed by atoms with E-state index in [0.29, 0.717) is 13.0 Å². The summed E-state index contributed by atoms with van der Waals surface area (Å²) in [5.74, 6) is -0.200. The van der Waals surface area contributed by atoms with Crippen LogP contribution in [0.5, 0.6) is 0 Å². The van der Waals surface area contributed by atoms with Gasteiger partial charge in [-0.05, 0) is 6.92 Å². The highest BCUT2D eigenvalue weighted by Crippen LogP contribution is 1.89. The van der Waals surface area contributed by atoms with Gasteiger partial charge in [0.2, 0.25) is 11.8 Å². The number of nitrogens with zero attached hydrogens (tertiary/aromatic N) is 1. The minimum absolute atomic E-state index is 0.00429. The molecule has 0 aliphatic carbocycles. The summed E-state index contributed by atoms with van der Waals surface area (Å²) < 4.78 is 4.81. The van der Waals surface area contributed by atoms with Crippen LogP contribution < -0.4 is 5.32 Å². The number of nitrogens with one attached hydrogen (secondary N) is 1. The standard InChI is InChI=1S/C9H18N2O3/c1-7(14-4)9(13)10-6-5-8(12)11(2)3/h7H,5-6H2,1-4H3,(H,10,13). The minimum Gasteiger partial charge on any atom is -0.372 e. The van der Waals surface area contributed by atoms with Crippen LogP contribution in [0.3, 0.4) is 0 Å². The highest BCUT2D eigenvalue weighted by Gasteiger charge is 2.11. The van der Waals surface area contributed by atoms with Crippen LogP contribution in [0.2, 0.25) is 0 Å². The zero-order valence-electron chi connectivity index (χ0n) is 9.16. The molecule has 0 aliphatic heterocycles. The van der Waals surface area contributed by atoms with Gasteiger partial charge in [0.05, 0.1) is 0 Å². The molecule has 5 nitrogen and oxygen atoms in total. The average molecular weight is 202 g/mol. The van der Waals surface area contributed by atoms with Gasteiger partial charge in [0.25, 0.3) is 0 Å². The number of carbonyl (C=O) groups is 2. The number of hydrogen-bond acceptors (Lipinski definition) is 3. The summed E-state index contributed by atoms with van der Waals surface area (Å²) in [6, 6.07) is 0. The molecular weight excluding hydrogens is 184 g/mol. The van der Waals surface area contributed by atoms with Crippen molar-refractivity contribution in [3.63, 3.8) is 0 Å². The zero-order chi connectivity index (χ0) is 11.1. The Morgan fingerprint density at radius 1 is 1.43 bits per heavy atom. The highest BCUT2D eigenvalue weighted by molar-refractivity contribution is 5.81. The first-order valence-electron chi connectivity index (χ1n) is 4.49. The highest BCUT2D eigenvalue weighted by atomic mass is 16.5. The van der Waals surface area contributed by atoms with Crippen molar-refractivity contribution >= 4 is 11.8 Å². The number of rotatable bonds is 5. The fourth-order valence-corrected chi connectivity index (χ4v) is 0.767. The molecule has 14 heavy (non-hydrogen) atoms. The van der Waals surface area contributed by atoms with E-state index in [-0.39, 0.29) is 11.8 Å². The van der Waals surface area contributed by atoms with E-state index in [2.05, 4.69) is 5.32 Å². The molecule has 0 saturated heterocycles. The van der Waals surface area contributed by atoms with Crippen molar-refractivity contribution in [3.8, 4) is 0 Å². The van der Waals surface area contributed by atoms with E-state index in [1.165, 1.54) is 12.0 Å². The van der Waals surface area contributed by atoms with E-state index >= 15 is 0 Å². The fourth-order valence-electron chi connectivity index (χ4n) is 0.767. The van der Waals surface area contributed by atoms with Crippen LogP contribution in [0.15, 0.2) is 0 Å². The Bertz CT molecular complexity index is 204. The summed E-state index contributed by atoms with van der Waals surface area (Å²) in [5, 5.41) is 2.61. The maximum atomic E-state index is 11.2. The molecule has 0 aromatic carbocycles. The third-order valence-corrected chi connectivity index (χ3v) is 1.86. The molecule has 1 unspecified atom stereocenters. The Morgan fingerprint density at radius 2 is 2.00 bits per heavy atom. The Kier molecular flexibility index (Phi) is 5.87. The number of carbonyl (C=O) groups excluding carboxylic acids is 2. The molecule has 82 valence electrons. The van der Waals surface area contributed by atoms with Gasteiger partial charge in [0, 0.05) is 34.2 Å². The maximum absolute atomic E-state index is 11.2. The third-order valence-electron chi connectivity index (χ3n) is 1.86. The Balaban J connectivity index is 3.64. The summed E-state index contributed by atoms with van der Waals surface area (Å²) in [6.45, 7) is 2.01. The number of ether oxygens (including phenoxy) is 1. The van der Waals surface area contributed by atoms with Gasteiger partial charge in [-0.2, -0.15) is 0 Å². The Hall–Kier alpha value is -1.10. The predicted molar refractivity (Wildman–Crippen MR) is 52.8 cm³/mol. The lowest BCUT2D eigenvalue weighted by Crippen LogP contribution is -2.36. The van der Waals surface area contributed by atoms with Crippen LogP contribution in [0, 0.1) is 0 Å². The summed E-state index contributed by atoms with van der Waals surface area (Å²) in [4.78, 5) is 23.8. The normalized spacial score (nSPS) is 12.0. The fraction of sp³-hybridized carbons (Fsp3) is 0.778. The minimum atomic E-state index is -0.468. The molecule has 1 atom stereocenters. The van der Waals surface area contributed by atoms with Crippen LogP contribution >= 0.6 is 0 Å². The second-order valence-corrected chi connectivity index (χ2v) is 3.21. The first-order chi connectivity index (χ1) is 6.49. The lowest BCUT2D eigenvalue weighted by Gasteiger charge is -2.12. The first-order valence-corrected chi connectivity index (χ1v) is 4.49. The monoisotopic (exact) mass is 202 g/mol. The second-order valence-electron chi connectivity index (χ2n) is 3.21. The summed E-state index contributed by atoms with van der Waals surface area (Å²) >= 11 is 0. The number of methoxy groups -OCH3 is 1. The van der Waals surface area contributed by atoms with Gasteiger partial charge in [0.1, 0.15) is 6.10 Å². The molecule has 0 heterocycles. The summed E-state index contributed by atoms with van der Waals surface area (Å²) in [7, 11) is 4.83. The van der Waals surface area contributed by atoms with Gasteiger partial charge in [0.15, 0.2) is 0 Å². The van der Waals surface area contributed by atoms with Gasteiger partial charge in [-0.15, -0.1) is 0 Å². The first kappa shape index (κ1) is 12.9. The van der Waals surface area contributed by atoms with Gasteiger partial charge in [-0.25, -0.2) is 0 Å². The summed E-state index contributed by atoms with van der Waals surface area (Å²) in [6.07, 6.45) is -0.153. The molecule has 0 aromatic rings. The zero-order valence-corrected chi connectivity index (χ0v) is 9.16. The van der Waals surface area contributed by atoms with Crippen LogP contribution in [-0.4, -0.2) is 50.6 Å². The van der Waals surface area contributed by atoms with E-state index < -0.39 is 6.10 Å². The molecule has 2 amide bonds. The molecule has 0 rings (SSSR count). The van der Waals surface area contributed by atoms with Crippen molar-refractivity contribution in [1.29, 1.82) is 0 Å². The van der Waals surface area contributed by atoms with E-state index in [0.717, 1.165) is 0 Å². The Morgan fingerprint density at radius 3 is 2.43 bits per heavy atom. The van der Waals surface area contributed by atoms with E-state index in [1.54, 1.807) is 21.0 Å². The van der Waals surface area contributed by atoms with E-state index in [1.807, 2.05) is 0 Å². The molecule has 0 fully saturated rings. The van der Waals surface area contributed by atoms with Crippen molar-refractivity contribution < 1.29 is 14.3 Å². The van der Waals surface area contributed by atoms with Gasteiger partial charge in [-0.1, -0.05) is 0 Å². The average Bonchev–Trinajstić information content (AvgIpc) is 2.15. The lowest BCUT2D eigenvalue weighted by molar-refractivity contribution is -0.131. The second kappa shape index (κ2) is 6.37. The molecule has 0 saturated carbocycles. The number of hydrogen-bond donors (Lipinski definition) is 1. The van der Waals surface area contributed by atoms with Crippen molar-refractivity contribution in [3.05, 3.63) is 0 Å². The van der Waals surface area contributed by atoms with Gasteiger partial charge >= 0.3 is 0 Å². The van der Waals surface area contributed by atoms with Crippen LogP contribution in [0.1, 0.15) is 13.3 Å². The van der Waals surface area contributed by atoms with Gasteiger partial charge < -0.3 is 15.0 Å². The summed E-state index contributed by atoms with van der Waals surface area (Å²) in [5.41, 5.74) is 0. The van der Waals surface area contributed by atoms with Crippen LogP contribution in [0.25, 0.3) is 0 Å². The SMILES string of the molecule is COC(C)C(=O)NCCC(=O)N(C)C. The molecule has 0 aromatic heterocycles. The molecule has 5 heteroatoms. The van der Waals surface area contributed by atoms with Gasteiger partial charge in [-0.3, -0.25) is 9.59 Å². The lowest BCUT2D eigenvalue weighted by atomic mass is 10.3. The van der Waals surface area contributed by atoms with Crippen LogP contribution in [-0.2, 0) is 14.3 Å². The smallest absolute Gasteiger partial charge is 0.248 e. The maximum Gasteiger partial charge on any atom is 0.248 e. The molecule has 0 bridgehead atoms. The van der Waals surface area contributed by atoms with Crippen molar-refractivity contribution in [2.24, 2.45) is 0 Å². The van der Waals surface area contributed by atoms with Crippen molar-refractivity contribution in [2.75, 3.05) is 27.7 Å². The molecule has 1 N–H and O–H groups in total. The van der Waals surface area contributed by atoms with E-state index in [9.17, 15) is 9.59 Å². The van der Waals surface area contributed by atoms with E-state index in [4.69, 9.17) is 4.74 Å². The third kappa shape index (κ3) is 4.81. The molecule has 0 radical (unpaired) electrons.